The first kappa shape index (κ1) is 16.5. The fourth-order valence-corrected chi connectivity index (χ4v) is 3.69. The van der Waals surface area contributed by atoms with Gasteiger partial charge in [0.15, 0.2) is 0 Å². The summed E-state index contributed by atoms with van der Waals surface area (Å²) in [5, 5.41) is 3.06. The van der Waals surface area contributed by atoms with Crippen LogP contribution in [0.25, 0.3) is 5.69 Å². The second kappa shape index (κ2) is 6.71. The van der Waals surface area contributed by atoms with E-state index in [9.17, 15) is 4.79 Å². The zero-order chi connectivity index (χ0) is 18.1. The van der Waals surface area contributed by atoms with Crippen LogP contribution in [-0.2, 0) is 6.54 Å². The molecule has 0 saturated carbocycles. The van der Waals surface area contributed by atoms with Crippen molar-refractivity contribution in [3.63, 3.8) is 0 Å². The third-order valence-corrected chi connectivity index (χ3v) is 5.04. The van der Waals surface area contributed by atoms with Crippen LogP contribution in [0.2, 0.25) is 0 Å². The fourth-order valence-electron chi connectivity index (χ4n) is 3.69. The molecule has 0 radical (unpaired) electrons. The van der Waals surface area contributed by atoms with Gasteiger partial charge in [-0.25, -0.2) is 4.79 Å². The highest BCUT2D eigenvalue weighted by Crippen LogP contribution is 2.34. The van der Waals surface area contributed by atoms with Gasteiger partial charge in [0.2, 0.25) is 0 Å². The molecule has 3 aromatic rings. The molecule has 2 heterocycles. The van der Waals surface area contributed by atoms with Gasteiger partial charge in [0.25, 0.3) is 0 Å². The van der Waals surface area contributed by atoms with Crippen LogP contribution in [0.5, 0.6) is 0 Å². The van der Waals surface area contributed by atoms with Gasteiger partial charge >= 0.3 is 6.03 Å². The summed E-state index contributed by atoms with van der Waals surface area (Å²) in [6.07, 6.45) is 2.94. The lowest BCUT2D eigenvalue weighted by Crippen LogP contribution is -2.37. The Kier molecular flexibility index (Phi) is 4.25. The van der Waals surface area contributed by atoms with Crippen LogP contribution in [0.15, 0.2) is 66.9 Å². The lowest BCUT2D eigenvalue weighted by Gasteiger charge is -2.29. The Morgan fingerprint density at radius 3 is 2.62 bits per heavy atom. The summed E-state index contributed by atoms with van der Waals surface area (Å²) < 4.78 is 2.21. The van der Waals surface area contributed by atoms with Crippen LogP contribution in [-0.4, -0.2) is 15.5 Å². The molecule has 0 unspecified atom stereocenters. The molecule has 1 aliphatic heterocycles. The first-order valence-corrected chi connectivity index (χ1v) is 9.07. The number of para-hydroxylation sites is 1. The summed E-state index contributed by atoms with van der Waals surface area (Å²) in [6, 6.07) is 20.3. The van der Waals surface area contributed by atoms with E-state index in [0.717, 1.165) is 29.1 Å². The van der Waals surface area contributed by atoms with Crippen LogP contribution in [0.3, 0.4) is 0 Å². The first-order chi connectivity index (χ1) is 12.7. The van der Waals surface area contributed by atoms with Crippen molar-refractivity contribution in [3.05, 3.63) is 83.7 Å². The Balaban J connectivity index is 1.71. The zero-order valence-corrected chi connectivity index (χ0v) is 15.1. The molecule has 2 amide bonds. The Bertz CT molecular complexity index is 927. The van der Waals surface area contributed by atoms with Gasteiger partial charge in [-0.1, -0.05) is 42.8 Å². The predicted octanol–water partition coefficient (Wildman–Crippen LogP) is 5.28. The normalized spacial score (nSPS) is 15.8. The number of aromatic nitrogens is 1. The summed E-state index contributed by atoms with van der Waals surface area (Å²) >= 11 is 0. The number of nitrogens with zero attached hydrogens (tertiary/aromatic N) is 2. The molecule has 0 saturated heterocycles. The van der Waals surface area contributed by atoms with Gasteiger partial charge in [-0.05, 0) is 49.2 Å². The van der Waals surface area contributed by atoms with Crippen LogP contribution in [0.4, 0.5) is 10.5 Å². The lowest BCUT2D eigenvalue weighted by atomic mass is 10.1. The minimum Gasteiger partial charge on any atom is -0.318 e. The van der Waals surface area contributed by atoms with E-state index in [2.05, 4.69) is 47.3 Å². The van der Waals surface area contributed by atoms with E-state index >= 15 is 0 Å². The number of urea groups is 1. The maximum atomic E-state index is 13.1. The molecule has 1 N–H and O–H groups in total. The van der Waals surface area contributed by atoms with Crippen molar-refractivity contribution in [2.75, 3.05) is 5.32 Å². The maximum Gasteiger partial charge on any atom is 0.322 e. The maximum absolute atomic E-state index is 13.1. The van der Waals surface area contributed by atoms with Crippen molar-refractivity contribution < 1.29 is 4.79 Å². The van der Waals surface area contributed by atoms with Crippen LogP contribution >= 0.6 is 0 Å². The SMILES string of the molecule is CC[C@@H]1c2cccn2-c2ccccc2CN1C(=O)Nc1ccc(C)cc1. The average molecular weight is 345 g/mol. The number of aryl methyl sites for hydroxylation is 1. The Hall–Kier alpha value is -3.01. The molecule has 0 aliphatic carbocycles. The molecule has 4 heteroatoms. The van der Waals surface area contributed by atoms with Crippen molar-refractivity contribution in [2.45, 2.75) is 32.9 Å². The van der Waals surface area contributed by atoms with E-state index in [1.54, 1.807) is 0 Å². The number of carbonyl (C=O) groups excluding carboxylic acids is 1. The van der Waals surface area contributed by atoms with Crippen molar-refractivity contribution in [2.24, 2.45) is 0 Å². The summed E-state index contributed by atoms with van der Waals surface area (Å²) in [7, 11) is 0. The van der Waals surface area contributed by atoms with Gasteiger partial charge in [-0.15, -0.1) is 0 Å². The summed E-state index contributed by atoms with van der Waals surface area (Å²) in [6.45, 7) is 4.76. The van der Waals surface area contributed by atoms with Crippen molar-refractivity contribution in [1.82, 2.24) is 9.47 Å². The molecule has 1 aromatic heterocycles. The van der Waals surface area contributed by atoms with Crippen molar-refractivity contribution in [3.8, 4) is 5.69 Å². The lowest BCUT2D eigenvalue weighted by molar-refractivity contribution is 0.181. The summed E-state index contributed by atoms with van der Waals surface area (Å²) in [5.41, 5.74) is 5.45. The number of hydrogen-bond donors (Lipinski definition) is 1. The van der Waals surface area contributed by atoms with E-state index in [4.69, 9.17) is 0 Å². The van der Waals surface area contributed by atoms with Gasteiger partial charge in [-0.2, -0.15) is 0 Å². The predicted molar refractivity (Wildman–Crippen MR) is 105 cm³/mol. The zero-order valence-electron chi connectivity index (χ0n) is 15.1. The van der Waals surface area contributed by atoms with E-state index < -0.39 is 0 Å². The quantitative estimate of drug-likeness (QED) is 0.674. The largest absolute Gasteiger partial charge is 0.322 e. The molecule has 1 aliphatic rings. The highest BCUT2D eigenvalue weighted by atomic mass is 16.2. The second-order valence-electron chi connectivity index (χ2n) is 6.78. The van der Waals surface area contributed by atoms with Crippen LogP contribution in [0, 0.1) is 6.92 Å². The Morgan fingerprint density at radius 2 is 1.85 bits per heavy atom. The number of amides is 2. The van der Waals surface area contributed by atoms with Gasteiger partial charge in [0, 0.05) is 17.6 Å². The van der Waals surface area contributed by atoms with E-state index in [1.165, 1.54) is 5.56 Å². The third kappa shape index (κ3) is 2.88. The topological polar surface area (TPSA) is 37.3 Å². The minimum absolute atomic E-state index is 0.0304. The highest BCUT2D eigenvalue weighted by molar-refractivity contribution is 5.89. The molecular formula is C22H23N3O. The Labute approximate surface area is 154 Å². The molecule has 4 rings (SSSR count). The number of rotatable bonds is 2. The molecular weight excluding hydrogens is 322 g/mol. The minimum atomic E-state index is -0.0647. The highest BCUT2D eigenvalue weighted by Gasteiger charge is 2.30. The number of anilines is 1. The summed E-state index contributed by atoms with van der Waals surface area (Å²) in [4.78, 5) is 15.1. The molecule has 132 valence electrons. The first-order valence-electron chi connectivity index (χ1n) is 9.07. The fraction of sp³-hybridized carbons (Fsp3) is 0.227. The van der Waals surface area contributed by atoms with E-state index in [1.807, 2.05) is 48.2 Å². The third-order valence-electron chi connectivity index (χ3n) is 5.04. The molecule has 0 fully saturated rings. The standard InChI is InChI=1S/C22H23N3O/c1-3-19-21-9-6-14-24(21)20-8-5-4-7-17(20)15-25(19)22(26)23-18-12-10-16(2)11-13-18/h4-14,19H,3,15H2,1-2H3,(H,23,26)/t19-/m1/s1. The van der Waals surface area contributed by atoms with Crippen LogP contribution in [0.1, 0.15) is 36.2 Å². The number of hydrogen-bond acceptors (Lipinski definition) is 1. The smallest absolute Gasteiger partial charge is 0.318 e. The summed E-state index contributed by atoms with van der Waals surface area (Å²) in [5.74, 6) is 0. The number of fused-ring (bicyclic) bond motifs is 3. The Morgan fingerprint density at radius 1 is 1.08 bits per heavy atom. The number of nitrogens with one attached hydrogen (secondary N) is 1. The average Bonchev–Trinajstić information content (AvgIpc) is 3.08. The molecule has 2 aromatic carbocycles. The van der Waals surface area contributed by atoms with Crippen LogP contribution < -0.4 is 5.32 Å². The van der Waals surface area contributed by atoms with Gasteiger partial charge in [0.05, 0.1) is 18.3 Å². The number of benzene rings is 2. The van der Waals surface area contributed by atoms with Gasteiger partial charge in [0.1, 0.15) is 0 Å². The van der Waals surface area contributed by atoms with Crippen molar-refractivity contribution in [1.29, 1.82) is 0 Å². The molecule has 4 nitrogen and oxygen atoms in total. The molecule has 1 atom stereocenters. The number of carbonyl (C=O) groups is 1. The van der Waals surface area contributed by atoms with Crippen molar-refractivity contribution >= 4 is 11.7 Å². The van der Waals surface area contributed by atoms with Gasteiger partial charge < -0.3 is 14.8 Å². The van der Waals surface area contributed by atoms with Gasteiger partial charge in [-0.3, -0.25) is 0 Å². The molecule has 0 bridgehead atoms. The molecule has 26 heavy (non-hydrogen) atoms. The molecule has 0 spiro atoms. The van der Waals surface area contributed by atoms with E-state index in [-0.39, 0.29) is 12.1 Å². The second-order valence-corrected chi connectivity index (χ2v) is 6.78. The monoisotopic (exact) mass is 345 g/mol. The van der Waals surface area contributed by atoms with E-state index in [0.29, 0.717) is 6.54 Å².